The lowest BCUT2D eigenvalue weighted by Gasteiger charge is -2.35. The highest BCUT2D eigenvalue weighted by atomic mass is 19.3. The van der Waals surface area contributed by atoms with E-state index in [1.165, 1.54) is 0 Å². The van der Waals surface area contributed by atoms with E-state index >= 15 is 0 Å². The van der Waals surface area contributed by atoms with Crippen LogP contribution in [0.3, 0.4) is 0 Å². The second-order valence-corrected chi connectivity index (χ2v) is 5.53. The van der Waals surface area contributed by atoms with Crippen LogP contribution in [-0.2, 0) is 4.74 Å². The molecule has 0 amide bonds. The summed E-state index contributed by atoms with van der Waals surface area (Å²) in [6, 6.07) is 0.953. The molecule has 0 bridgehead atoms. The normalized spacial score (nSPS) is 28.1. The first kappa shape index (κ1) is 14.8. The maximum absolute atomic E-state index is 12.2. The van der Waals surface area contributed by atoms with Crippen LogP contribution in [0.25, 0.3) is 0 Å². The van der Waals surface area contributed by atoms with Crippen LogP contribution < -0.4 is 0 Å². The number of rotatable bonds is 4. The average Bonchev–Trinajstić information content (AvgIpc) is 2.39. The summed E-state index contributed by atoms with van der Waals surface area (Å²) in [6.07, 6.45) is 2.13. The molecule has 1 rings (SSSR count). The van der Waals surface area contributed by atoms with E-state index in [0.29, 0.717) is 24.4 Å². The number of hydrogen-bond acceptors (Lipinski definition) is 2. The van der Waals surface area contributed by atoms with E-state index < -0.39 is 6.61 Å². The van der Waals surface area contributed by atoms with Crippen molar-refractivity contribution in [3.05, 3.63) is 0 Å². The third-order valence-corrected chi connectivity index (χ3v) is 3.65. The van der Waals surface area contributed by atoms with E-state index in [4.69, 9.17) is 0 Å². The highest BCUT2D eigenvalue weighted by Gasteiger charge is 2.30. The Morgan fingerprint density at radius 2 is 1.71 bits per heavy atom. The third-order valence-electron chi connectivity index (χ3n) is 3.65. The van der Waals surface area contributed by atoms with Crippen molar-refractivity contribution >= 4 is 0 Å². The first-order valence-corrected chi connectivity index (χ1v) is 6.61. The maximum atomic E-state index is 12.2. The summed E-state index contributed by atoms with van der Waals surface area (Å²) in [5.74, 6) is 0.558. The van der Waals surface area contributed by atoms with Gasteiger partial charge in [0.1, 0.15) is 0 Å². The fourth-order valence-electron chi connectivity index (χ4n) is 2.76. The molecule has 1 fully saturated rings. The van der Waals surface area contributed by atoms with Gasteiger partial charge in [0, 0.05) is 18.6 Å². The molecule has 1 saturated heterocycles. The molecule has 1 heterocycles. The average molecular weight is 249 g/mol. The van der Waals surface area contributed by atoms with Crippen LogP contribution in [0.4, 0.5) is 8.78 Å². The molecule has 0 N–H and O–H groups in total. The fourth-order valence-corrected chi connectivity index (χ4v) is 2.76. The van der Waals surface area contributed by atoms with Crippen molar-refractivity contribution < 1.29 is 13.5 Å². The summed E-state index contributed by atoms with van der Waals surface area (Å²) in [5.41, 5.74) is 0. The van der Waals surface area contributed by atoms with Gasteiger partial charge in [0.25, 0.3) is 0 Å². The van der Waals surface area contributed by atoms with Crippen molar-refractivity contribution in [1.29, 1.82) is 0 Å². The van der Waals surface area contributed by atoms with Gasteiger partial charge in [-0.25, -0.2) is 0 Å². The van der Waals surface area contributed by atoms with Crippen LogP contribution in [0.15, 0.2) is 0 Å². The van der Waals surface area contributed by atoms with E-state index in [1.54, 1.807) is 0 Å². The number of alkyl halides is 2. The van der Waals surface area contributed by atoms with Crippen LogP contribution in [0.2, 0.25) is 0 Å². The molecule has 0 radical (unpaired) electrons. The van der Waals surface area contributed by atoms with E-state index in [2.05, 4.69) is 37.3 Å². The first-order chi connectivity index (χ1) is 7.91. The molecular weight excluding hydrogens is 224 g/mol. The molecule has 4 heteroatoms. The number of nitrogens with zero attached hydrogens (tertiary/aromatic N) is 1. The molecular formula is C13H25F2NO. The molecule has 0 aromatic heterocycles. The third kappa shape index (κ3) is 4.51. The molecule has 2 unspecified atom stereocenters. The van der Waals surface area contributed by atoms with Crippen LogP contribution >= 0.6 is 0 Å². The van der Waals surface area contributed by atoms with E-state index in [-0.39, 0.29) is 6.10 Å². The van der Waals surface area contributed by atoms with Gasteiger partial charge in [-0.2, -0.15) is 8.78 Å². The molecule has 0 aromatic rings. The lowest BCUT2D eigenvalue weighted by molar-refractivity contribution is -0.164. The Labute approximate surface area is 103 Å². The van der Waals surface area contributed by atoms with Crippen LogP contribution in [0, 0.1) is 5.92 Å². The zero-order chi connectivity index (χ0) is 13.0. The number of hydrogen-bond donors (Lipinski definition) is 0. The number of halogens is 2. The Morgan fingerprint density at radius 1 is 1.06 bits per heavy atom. The minimum absolute atomic E-state index is 0.278. The summed E-state index contributed by atoms with van der Waals surface area (Å²) in [4.78, 5) is 2.43. The van der Waals surface area contributed by atoms with Crippen molar-refractivity contribution in [2.24, 2.45) is 5.92 Å². The van der Waals surface area contributed by atoms with Crippen LogP contribution in [-0.4, -0.2) is 36.2 Å². The largest absolute Gasteiger partial charge is 0.345 e. The van der Waals surface area contributed by atoms with Crippen molar-refractivity contribution in [3.8, 4) is 0 Å². The molecule has 2 atom stereocenters. The predicted molar refractivity (Wildman–Crippen MR) is 65.2 cm³/mol. The van der Waals surface area contributed by atoms with Crippen molar-refractivity contribution in [2.45, 2.75) is 71.8 Å². The Kier molecular flexibility index (Phi) is 5.80. The molecule has 17 heavy (non-hydrogen) atoms. The van der Waals surface area contributed by atoms with E-state index in [1.807, 2.05) is 0 Å². The second-order valence-electron chi connectivity index (χ2n) is 5.53. The molecule has 0 aromatic carbocycles. The molecule has 2 nitrogen and oxygen atoms in total. The molecule has 102 valence electrons. The fraction of sp³-hybridized carbons (Fsp3) is 1.00. The first-order valence-electron chi connectivity index (χ1n) is 6.61. The monoisotopic (exact) mass is 249 g/mol. The van der Waals surface area contributed by atoms with Gasteiger partial charge in [0.15, 0.2) is 0 Å². The minimum Gasteiger partial charge on any atom is -0.320 e. The van der Waals surface area contributed by atoms with Gasteiger partial charge in [0.05, 0.1) is 6.10 Å². The summed E-state index contributed by atoms with van der Waals surface area (Å²) < 4.78 is 29.1. The topological polar surface area (TPSA) is 12.5 Å². The Bertz CT molecular complexity index is 203. The highest BCUT2D eigenvalue weighted by molar-refractivity contribution is 4.83. The summed E-state index contributed by atoms with van der Waals surface area (Å²) in [6.45, 7) is 6.97. The van der Waals surface area contributed by atoms with Gasteiger partial charge in [-0.05, 0) is 39.0 Å². The van der Waals surface area contributed by atoms with Gasteiger partial charge in [-0.15, -0.1) is 0 Å². The molecule has 0 saturated carbocycles. The molecule has 1 aliphatic rings. The zero-order valence-corrected chi connectivity index (χ0v) is 11.3. The van der Waals surface area contributed by atoms with Crippen molar-refractivity contribution in [1.82, 2.24) is 4.90 Å². The maximum Gasteiger partial charge on any atom is 0.345 e. The minimum atomic E-state index is -2.64. The van der Waals surface area contributed by atoms with Gasteiger partial charge in [-0.1, -0.05) is 13.8 Å². The lowest BCUT2D eigenvalue weighted by atomic mass is 9.97. The van der Waals surface area contributed by atoms with Crippen molar-refractivity contribution in [3.63, 3.8) is 0 Å². The SMILES string of the molecule is CC(C)C1CCC(OC(F)F)CCN1C(C)C. The zero-order valence-electron chi connectivity index (χ0n) is 11.3. The van der Waals surface area contributed by atoms with Gasteiger partial charge in [-0.3, -0.25) is 4.90 Å². The summed E-state index contributed by atoms with van der Waals surface area (Å²) >= 11 is 0. The van der Waals surface area contributed by atoms with Crippen LogP contribution in [0.1, 0.15) is 47.0 Å². The van der Waals surface area contributed by atoms with Gasteiger partial charge >= 0.3 is 6.61 Å². The quantitative estimate of drug-likeness (QED) is 0.756. The smallest absolute Gasteiger partial charge is 0.320 e. The Hall–Kier alpha value is -0.220. The number of ether oxygens (including phenoxy) is 1. The van der Waals surface area contributed by atoms with Gasteiger partial charge in [0.2, 0.25) is 0 Å². The second kappa shape index (κ2) is 6.64. The van der Waals surface area contributed by atoms with E-state index in [9.17, 15) is 8.78 Å². The molecule has 0 aliphatic carbocycles. The molecule has 1 aliphatic heterocycles. The lowest BCUT2D eigenvalue weighted by Crippen LogP contribution is -2.43. The van der Waals surface area contributed by atoms with Crippen molar-refractivity contribution in [2.75, 3.05) is 6.54 Å². The Balaban J connectivity index is 2.62. The van der Waals surface area contributed by atoms with Gasteiger partial charge < -0.3 is 4.74 Å². The predicted octanol–water partition coefficient (Wildman–Crippen LogP) is 3.51. The highest BCUT2D eigenvalue weighted by Crippen LogP contribution is 2.26. The molecule has 0 spiro atoms. The standard InChI is InChI=1S/C13H25F2NO/c1-9(2)12-6-5-11(17-13(14)15)7-8-16(12)10(3)4/h9-13H,5-8H2,1-4H3. The summed E-state index contributed by atoms with van der Waals surface area (Å²) in [7, 11) is 0. The van der Waals surface area contributed by atoms with Crippen LogP contribution in [0.5, 0.6) is 0 Å². The summed E-state index contributed by atoms with van der Waals surface area (Å²) in [5, 5.41) is 0. The van der Waals surface area contributed by atoms with E-state index in [0.717, 1.165) is 19.4 Å². The Morgan fingerprint density at radius 3 is 2.18 bits per heavy atom. The number of likely N-dealkylation sites (tertiary alicyclic amines) is 1.